The fourth-order valence-corrected chi connectivity index (χ4v) is 3.86. The Bertz CT molecular complexity index is 926. The molecule has 2 aromatic rings. The molecule has 29 heavy (non-hydrogen) atoms. The van der Waals surface area contributed by atoms with Crippen molar-refractivity contribution in [3.63, 3.8) is 0 Å². The Balaban J connectivity index is 2.09. The molecule has 0 amide bonds. The molecule has 0 saturated heterocycles. The maximum absolute atomic E-state index is 2.39. The van der Waals surface area contributed by atoms with Crippen molar-refractivity contribution in [3.05, 3.63) is 101 Å². The van der Waals surface area contributed by atoms with Gasteiger partial charge in [0.25, 0.3) is 0 Å². The summed E-state index contributed by atoms with van der Waals surface area (Å²) in [6.07, 6.45) is 10.2. The molecule has 3 rings (SSSR count). The molecule has 0 fully saturated rings. The molecule has 0 radical (unpaired) electrons. The lowest BCUT2D eigenvalue weighted by atomic mass is 9.89. The van der Waals surface area contributed by atoms with Gasteiger partial charge in [0.2, 0.25) is 0 Å². The number of rotatable bonds is 6. The normalized spacial score (nSPS) is 14.2. The first-order chi connectivity index (χ1) is 14.1. The molecule has 0 saturated carbocycles. The topological polar surface area (TPSA) is 3.01 Å². The highest BCUT2D eigenvalue weighted by atomic mass is 15.0. The molecule has 150 valence electrons. The molecule has 1 atom stereocenters. The summed E-state index contributed by atoms with van der Waals surface area (Å²) in [5.74, 6) is 0.597. The van der Waals surface area contributed by atoms with Gasteiger partial charge in [-0.2, -0.15) is 0 Å². The van der Waals surface area contributed by atoms with Gasteiger partial charge in [0.15, 0.2) is 5.71 Å². The van der Waals surface area contributed by atoms with Crippen LogP contribution in [-0.4, -0.2) is 23.4 Å². The van der Waals surface area contributed by atoms with Gasteiger partial charge in [-0.1, -0.05) is 67.9 Å². The molecule has 1 heteroatoms. The second kappa shape index (κ2) is 9.69. The Hall–Kier alpha value is -2.67. The summed E-state index contributed by atoms with van der Waals surface area (Å²) in [6.45, 7) is 13.2. The number of aryl methyl sites for hydroxylation is 1. The largest absolute Gasteiger partial charge is 0.231 e. The van der Waals surface area contributed by atoms with E-state index in [1.807, 2.05) is 0 Å². The lowest BCUT2D eigenvalue weighted by Crippen LogP contribution is -2.19. The molecule has 1 nitrogen and oxygen atoms in total. The summed E-state index contributed by atoms with van der Waals surface area (Å²) < 4.78 is 2.39. The van der Waals surface area contributed by atoms with Gasteiger partial charge in [-0.15, -0.1) is 0 Å². The molecule has 1 aliphatic carbocycles. The zero-order chi connectivity index (χ0) is 20.8. The smallest absolute Gasteiger partial charge is 0.199 e. The minimum atomic E-state index is 0.597. The zero-order valence-electron chi connectivity index (χ0n) is 18.6. The standard InChI is InChI=1S/C28H34N/c1-6-22(5)23-13-15-25(16-14-23)28(24-11-9-21(4)10-12-24)26-17-19-27(20-18-26)29(7-2)8-3/h9-20,22H,6-8H2,1-5H3/q+1. The lowest BCUT2D eigenvalue weighted by molar-refractivity contribution is -0.519. The van der Waals surface area contributed by atoms with Gasteiger partial charge in [0, 0.05) is 12.2 Å². The van der Waals surface area contributed by atoms with Crippen molar-refractivity contribution in [1.82, 2.24) is 0 Å². The summed E-state index contributed by atoms with van der Waals surface area (Å²) in [6, 6.07) is 18.0. The number of hydrogen-bond donors (Lipinski definition) is 0. The molecule has 0 aromatic heterocycles. The van der Waals surface area contributed by atoms with Crippen LogP contribution in [0.5, 0.6) is 0 Å². The van der Waals surface area contributed by atoms with Crippen LogP contribution in [0.15, 0.2) is 78.4 Å². The van der Waals surface area contributed by atoms with E-state index in [-0.39, 0.29) is 0 Å². The average Bonchev–Trinajstić information content (AvgIpc) is 2.77. The first-order valence-corrected chi connectivity index (χ1v) is 11.0. The van der Waals surface area contributed by atoms with Crippen LogP contribution >= 0.6 is 0 Å². The van der Waals surface area contributed by atoms with Gasteiger partial charge in [-0.25, -0.2) is 4.58 Å². The van der Waals surface area contributed by atoms with Crippen molar-refractivity contribution >= 4 is 11.3 Å². The highest BCUT2D eigenvalue weighted by Crippen LogP contribution is 2.31. The van der Waals surface area contributed by atoms with Crippen LogP contribution in [0, 0.1) is 6.92 Å². The van der Waals surface area contributed by atoms with Gasteiger partial charge in [0.05, 0.1) is 0 Å². The Kier molecular flexibility index (Phi) is 7.04. The Morgan fingerprint density at radius 3 is 1.76 bits per heavy atom. The van der Waals surface area contributed by atoms with Crippen molar-refractivity contribution < 1.29 is 4.58 Å². The van der Waals surface area contributed by atoms with Crippen molar-refractivity contribution in [2.45, 2.75) is 47.0 Å². The molecule has 0 spiro atoms. The van der Waals surface area contributed by atoms with E-state index in [2.05, 4.69) is 112 Å². The molecule has 1 unspecified atom stereocenters. The summed E-state index contributed by atoms with van der Waals surface area (Å²) in [4.78, 5) is 0. The Labute approximate surface area is 176 Å². The number of allylic oxidation sites excluding steroid dienone is 5. The second-order valence-electron chi connectivity index (χ2n) is 7.89. The van der Waals surface area contributed by atoms with Crippen LogP contribution in [-0.2, 0) is 0 Å². The lowest BCUT2D eigenvalue weighted by Gasteiger charge is -2.16. The monoisotopic (exact) mass is 384 g/mol. The second-order valence-corrected chi connectivity index (χ2v) is 7.89. The summed E-state index contributed by atoms with van der Waals surface area (Å²) in [5, 5.41) is 0. The Morgan fingerprint density at radius 1 is 0.759 bits per heavy atom. The van der Waals surface area contributed by atoms with E-state index < -0.39 is 0 Å². The molecule has 0 bridgehead atoms. The van der Waals surface area contributed by atoms with Crippen LogP contribution in [0.1, 0.15) is 62.3 Å². The molecule has 0 N–H and O–H groups in total. The van der Waals surface area contributed by atoms with Crippen molar-refractivity contribution in [1.29, 1.82) is 0 Å². The van der Waals surface area contributed by atoms with E-state index in [4.69, 9.17) is 0 Å². The van der Waals surface area contributed by atoms with E-state index in [1.165, 1.54) is 45.5 Å². The number of hydrogen-bond acceptors (Lipinski definition) is 0. The first kappa shape index (κ1) is 21.0. The van der Waals surface area contributed by atoms with Crippen molar-refractivity contribution in [2.24, 2.45) is 0 Å². The fourth-order valence-electron chi connectivity index (χ4n) is 3.86. The van der Waals surface area contributed by atoms with Crippen LogP contribution in [0.2, 0.25) is 0 Å². The first-order valence-electron chi connectivity index (χ1n) is 11.0. The van der Waals surface area contributed by atoms with Gasteiger partial charge in [0.1, 0.15) is 13.1 Å². The van der Waals surface area contributed by atoms with Gasteiger partial charge >= 0.3 is 0 Å². The third-order valence-electron chi connectivity index (χ3n) is 6.01. The average molecular weight is 385 g/mol. The van der Waals surface area contributed by atoms with Crippen LogP contribution in [0.25, 0.3) is 5.57 Å². The van der Waals surface area contributed by atoms with E-state index in [1.54, 1.807) is 0 Å². The van der Waals surface area contributed by atoms with Crippen molar-refractivity contribution in [2.75, 3.05) is 13.1 Å². The molecule has 0 heterocycles. The van der Waals surface area contributed by atoms with Crippen molar-refractivity contribution in [3.8, 4) is 0 Å². The maximum Gasteiger partial charge on any atom is 0.199 e. The fraction of sp³-hybridized carbons (Fsp3) is 0.321. The Morgan fingerprint density at radius 2 is 1.28 bits per heavy atom. The van der Waals surface area contributed by atoms with E-state index in [0.29, 0.717) is 5.92 Å². The highest BCUT2D eigenvalue weighted by Gasteiger charge is 2.14. The molecule has 1 aliphatic rings. The van der Waals surface area contributed by atoms with Gasteiger partial charge in [-0.3, -0.25) is 0 Å². The minimum absolute atomic E-state index is 0.597. The number of benzene rings is 2. The summed E-state index contributed by atoms with van der Waals surface area (Å²) >= 11 is 0. The van der Waals surface area contributed by atoms with Crippen LogP contribution in [0.3, 0.4) is 0 Å². The summed E-state index contributed by atoms with van der Waals surface area (Å²) in [5.41, 5.74) is 9.09. The van der Waals surface area contributed by atoms with Crippen LogP contribution < -0.4 is 0 Å². The van der Waals surface area contributed by atoms with Gasteiger partial charge < -0.3 is 0 Å². The summed E-state index contributed by atoms with van der Waals surface area (Å²) in [7, 11) is 0. The predicted octanol–water partition coefficient (Wildman–Crippen LogP) is 6.93. The quantitative estimate of drug-likeness (QED) is 0.475. The predicted molar refractivity (Wildman–Crippen MR) is 127 cm³/mol. The number of nitrogens with zero attached hydrogens (tertiary/aromatic N) is 1. The molecule has 2 aromatic carbocycles. The van der Waals surface area contributed by atoms with Gasteiger partial charge in [-0.05, 0) is 73.1 Å². The molecular weight excluding hydrogens is 350 g/mol. The maximum atomic E-state index is 2.39. The minimum Gasteiger partial charge on any atom is -0.231 e. The zero-order valence-corrected chi connectivity index (χ0v) is 18.6. The molecular formula is C28H34N+. The molecule has 0 aliphatic heterocycles. The third kappa shape index (κ3) is 4.85. The highest BCUT2D eigenvalue weighted by molar-refractivity contribution is 6.04. The van der Waals surface area contributed by atoms with E-state index in [9.17, 15) is 0 Å². The van der Waals surface area contributed by atoms with Crippen LogP contribution in [0.4, 0.5) is 0 Å². The van der Waals surface area contributed by atoms with E-state index >= 15 is 0 Å². The SMILES string of the molecule is CCC(C)c1ccc(C(=C2C=CC(=[N+](CC)CC)C=C2)c2ccc(C)cc2)cc1. The van der Waals surface area contributed by atoms with E-state index in [0.717, 1.165) is 13.1 Å². The third-order valence-corrected chi connectivity index (χ3v) is 6.01.